The molecule has 1 atom stereocenters. The van der Waals surface area contributed by atoms with Crippen LogP contribution in [0.1, 0.15) is 55.4 Å². The van der Waals surface area contributed by atoms with Gasteiger partial charge in [0.1, 0.15) is 16.4 Å². The van der Waals surface area contributed by atoms with Crippen molar-refractivity contribution in [2.24, 2.45) is 5.92 Å². The van der Waals surface area contributed by atoms with Crippen molar-refractivity contribution in [3.63, 3.8) is 0 Å². The number of likely N-dealkylation sites (tertiary alicyclic amines) is 1. The van der Waals surface area contributed by atoms with Crippen LogP contribution in [0.3, 0.4) is 0 Å². The first-order valence-corrected chi connectivity index (χ1v) is 13.6. The molecule has 0 bridgehead atoms. The molecule has 4 rings (SSSR count). The van der Waals surface area contributed by atoms with Gasteiger partial charge >= 0.3 is 12.3 Å². The molecule has 0 saturated carbocycles. The van der Waals surface area contributed by atoms with Gasteiger partial charge in [-0.15, -0.1) is 0 Å². The molecule has 0 aliphatic carbocycles. The van der Waals surface area contributed by atoms with E-state index < -0.39 is 23.4 Å². The number of carbonyl (C=O) groups excluding carboxylic acids is 2. The third kappa shape index (κ3) is 8.25. The maximum Gasteiger partial charge on any atom is 0.434 e. The number of carbonyl (C=O) groups is 2. The van der Waals surface area contributed by atoms with Gasteiger partial charge < -0.3 is 25.0 Å². The number of alkyl halides is 3. The Labute approximate surface area is 238 Å². The summed E-state index contributed by atoms with van der Waals surface area (Å²) in [6.07, 6.45) is -0.0702. The largest absolute Gasteiger partial charge is 0.477 e. The van der Waals surface area contributed by atoms with Crippen LogP contribution in [0.2, 0.25) is 0 Å². The third-order valence-electron chi connectivity index (χ3n) is 5.89. The van der Waals surface area contributed by atoms with E-state index in [9.17, 15) is 22.8 Å². The Kier molecular flexibility index (Phi) is 8.95. The Morgan fingerprint density at radius 2 is 1.95 bits per heavy atom. The number of anilines is 3. The minimum Gasteiger partial charge on any atom is -0.477 e. The van der Waals surface area contributed by atoms with Crippen molar-refractivity contribution >= 4 is 40.0 Å². The fourth-order valence-electron chi connectivity index (χ4n) is 4.03. The van der Waals surface area contributed by atoms with E-state index in [4.69, 9.17) is 9.47 Å². The van der Waals surface area contributed by atoms with Crippen LogP contribution < -0.4 is 15.4 Å². The molecule has 2 N–H and O–H groups in total. The first-order chi connectivity index (χ1) is 19.3. The van der Waals surface area contributed by atoms with E-state index in [-0.39, 0.29) is 28.4 Å². The summed E-state index contributed by atoms with van der Waals surface area (Å²) in [7, 11) is 0. The molecule has 1 aliphatic rings. The van der Waals surface area contributed by atoms with Crippen LogP contribution in [0.25, 0.3) is 0 Å². The lowest BCUT2D eigenvalue weighted by atomic mass is 9.99. The average molecular weight is 594 g/mol. The summed E-state index contributed by atoms with van der Waals surface area (Å²) >= 11 is 0.911. The summed E-state index contributed by atoms with van der Waals surface area (Å²) in [6, 6.07) is 3.23. The van der Waals surface area contributed by atoms with Gasteiger partial charge in [0.25, 0.3) is 5.91 Å². The Balaban J connectivity index is 1.33. The summed E-state index contributed by atoms with van der Waals surface area (Å²) in [5.74, 6) is -0.221. The zero-order valence-electron chi connectivity index (χ0n) is 22.9. The van der Waals surface area contributed by atoms with E-state index in [0.717, 1.165) is 30.6 Å². The molecule has 1 saturated heterocycles. The zero-order chi connectivity index (χ0) is 29.8. The molecule has 3 aromatic heterocycles. The number of rotatable bonds is 7. The predicted octanol–water partition coefficient (Wildman–Crippen LogP) is 5.68. The van der Waals surface area contributed by atoms with Crippen LogP contribution in [0.5, 0.6) is 5.88 Å². The minimum absolute atomic E-state index is 0.124. The minimum atomic E-state index is -4.66. The number of nitrogens with one attached hydrogen (secondary N) is 2. The lowest BCUT2D eigenvalue weighted by Crippen LogP contribution is -2.44. The lowest BCUT2D eigenvalue weighted by molar-refractivity contribution is -0.141. The van der Waals surface area contributed by atoms with Gasteiger partial charge in [-0.25, -0.2) is 14.8 Å². The maximum atomic E-state index is 13.0. The maximum absolute atomic E-state index is 13.0. The second kappa shape index (κ2) is 12.2. The molecule has 0 radical (unpaired) electrons. The molecular formula is C26H30F3N7O4S. The number of halogens is 3. The summed E-state index contributed by atoms with van der Waals surface area (Å²) in [5, 5.41) is 5.63. The molecule has 1 aliphatic heterocycles. The molecule has 1 fully saturated rings. The summed E-state index contributed by atoms with van der Waals surface area (Å²) in [5.41, 5.74) is -0.800. The summed E-state index contributed by atoms with van der Waals surface area (Å²) < 4.78 is 54.4. The Hall–Kier alpha value is -4.01. The number of hydrogen-bond donors (Lipinski definition) is 2. The van der Waals surface area contributed by atoms with Crippen LogP contribution in [0, 0.1) is 12.8 Å². The second-order valence-electron chi connectivity index (χ2n) is 10.5. The van der Waals surface area contributed by atoms with Gasteiger partial charge in [0, 0.05) is 25.1 Å². The van der Waals surface area contributed by atoms with Gasteiger partial charge in [0.2, 0.25) is 5.88 Å². The van der Waals surface area contributed by atoms with E-state index in [0.29, 0.717) is 43.2 Å². The van der Waals surface area contributed by atoms with Crippen molar-refractivity contribution in [2.45, 2.75) is 52.3 Å². The predicted molar refractivity (Wildman–Crippen MR) is 145 cm³/mol. The molecule has 11 nitrogen and oxygen atoms in total. The van der Waals surface area contributed by atoms with E-state index in [1.54, 1.807) is 24.0 Å². The van der Waals surface area contributed by atoms with Crippen molar-refractivity contribution in [1.82, 2.24) is 24.2 Å². The Morgan fingerprint density at radius 1 is 1.17 bits per heavy atom. The standard InChI is InChI=1S/C26H30F3N7O4S/c1-15-21(23(41-35-15)34-19-12-30-11-18(33-19)26(27,28)29)22(37)32-17-7-8-20(31-10-17)39-14-16-6-5-9-36(13-16)24(38)40-25(2,3)4/h7-8,10-12,16H,5-6,9,13-14H2,1-4H3,(H,32,37)(H,33,34). The average Bonchev–Trinajstić information content (AvgIpc) is 3.27. The lowest BCUT2D eigenvalue weighted by Gasteiger charge is -2.33. The first-order valence-electron chi connectivity index (χ1n) is 12.8. The van der Waals surface area contributed by atoms with E-state index >= 15 is 0 Å². The van der Waals surface area contributed by atoms with Crippen molar-refractivity contribution < 1.29 is 32.2 Å². The monoisotopic (exact) mass is 593 g/mol. The van der Waals surface area contributed by atoms with Crippen molar-refractivity contribution in [2.75, 3.05) is 30.3 Å². The number of aryl methyl sites for hydroxylation is 1. The van der Waals surface area contributed by atoms with Gasteiger partial charge in [-0.1, -0.05) is 0 Å². The van der Waals surface area contributed by atoms with Crippen molar-refractivity contribution in [3.05, 3.63) is 47.7 Å². The number of aromatic nitrogens is 4. The molecular weight excluding hydrogens is 563 g/mol. The van der Waals surface area contributed by atoms with Gasteiger partial charge in [-0.05, 0) is 58.1 Å². The van der Waals surface area contributed by atoms with Crippen LogP contribution >= 0.6 is 11.5 Å². The number of ether oxygens (including phenoxy) is 2. The molecule has 15 heteroatoms. The first kappa shape index (κ1) is 30.0. The molecule has 220 valence electrons. The number of pyridine rings is 1. The van der Waals surface area contributed by atoms with Gasteiger partial charge in [-0.3, -0.25) is 9.78 Å². The van der Waals surface area contributed by atoms with Gasteiger partial charge in [0.15, 0.2) is 5.69 Å². The molecule has 4 heterocycles. The normalized spacial score (nSPS) is 15.8. The fraction of sp³-hybridized carbons (Fsp3) is 0.462. The third-order valence-corrected chi connectivity index (χ3v) is 6.74. The number of hydrogen-bond acceptors (Lipinski definition) is 10. The van der Waals surface area contributed by atoms with Gasteiger partial charge in [0.05, 0.1) is 42.1 Å². The van der Waals surface area contributed by atoms with E-state index in [1.165, 1.54) is 6.20 Å². The molecule has 0 spiro atoms. The summed E-state index contributed by atoms with van der Waals surface area (Å²) in [6.45, 7) is 8.64. The summed E-state index contributed by atoms with van der Waals surface area (Å²) in [4.78, 5) is 38.4. The van der Waals surface area contributed by atoms with Crippen LogP contribution in [0.15, 0.2) is 30.7 Å². The topological polar surface area (TPSA) is 131 Å². The van der Waals surface area contributed by atoms with Crippen LogP contribution in [-0.2, 0) is 10.9 Å². The second-order valence-corrected chi connectivity index (χ2v) is 11.2. The quantitative estimate of drug-likeness (QED) is 0.355. The highest BCUT2D eigenvalue weighted by atomic mass is 32.1. The molecule has 3 aromatic rings. The fourth-order valence-corrected chi connectivity index (χ4v) is 4.83. The smallest absolute Gasteiger partial charge is 0.434 e. The van der Waals surface area contributed by atoms with Gasteiger partial charge in [-0.2, -0.15) is 17.5 Å². The SMILES string of the molecule is Cc1nsc(Nc2cncc(C(F)(F)F)n2)c1C(=O)Nc1ccc(OCC2CCCN(C(=O)OC(C)(C)C)C2)nc1. The number of amides is 2. The molecule has 1 unspecified atom stereocenters. The molecule has 41 heavy (non-hydrogen) atoms. The Morgan fingerprint density at radius 3 is 2.63 bits per heavy atom. The highest BCUT2D eigenvalue weighted by molar-refractivity contribution is 7.10. The van der Waals surface area contributed by atoms with Crippen molar-refractivity contribution in [3.8, 4) is 5.88 Å². The highest BCUT2D eigenvalue weighted by Crippen LogP contribution is 2.31. The Bertz CT molecular complexity index is 1380. The van der Waals surface area contributed by atoms with E-state index in [2.05, 4.69) is 30.0 Å². The molecule has 0 aromatic carbocycles. The molecule has 2 amide bonds. The zero-order valence-corrected chi connectivity index (χ0v) is 23.7. The van der Waals surface area contributed by atoms with Crippen molar-refractivity contribution in [1.29, 1.82) is 0 Å². The van der Waals surface area contributed by atoms with Crippen LogP contribution in [-0.4, -0.2) is 61.5 Å². The van der Waals surface area contributed by atoms with Crippen LogP contribution in [0.4, 0.5) is 34.5 Å². The number of nitrogens with zero attached hydrogens (tertiary/aromatic N) is 5. The number of piperidine rings is 1. The highest BCUT2D eigenvalue weighted by Gasteiger charge is 2.33. The van der Waals surface area contributed by atoms with E-state index in [1.807, 2.05) is 20.8 Å².